The summed E-state index contributed by atoms with van der Waals surface area (Å²) in [5, 5.41) is 10.7. The smallest absolute Gasteiger partial charge is 0.242 e. The third-order valence-corrected chi connectivity index (χ3v) is 3.59. The summed E-state index contributed by atoms with van der Waals surface area (Å²) >= 11 is 0. The van der Waals surface area contributed by atoms with Crippen LogP contribution in [0.1, 0.15) is 37.4 Å². The number of amides is 1. The normalized spacial score (nSPS) is 19.8. The summed E-state index contributed by atoms with van der Waals surface area (Å²) < 4.78 is 1.76. The van der Waals surface area contributed by atoms with Crippen molar-refractivity contribution in [3.63, 3.8) is 0 Å². The zero-order valence-corrected chi connectivity index (χ0v) is 11.4. The molecule has 1 fully saturated rings. The largest absolute Gasteiger partial charge is 0.309 e. The van der Waals surface area contributed by atoms with Crippen LogP contribution in [-0.4, -0.2) is 28.3 Å². The summed E-state index contributed by atoms with van der Waals surface area (Å²) in [5.41, 5.74) is 2.12. The van der Waals surface area contributed by atoms with Crippen molar-refractivity contribution in [1.82, 2.24) is 15.1 Å². The Hall–Kier alpha value is -1.36. The summed E-state index contributed by atoms with van der Waals surface area (Å²) in [4.78, 5) is 12.2. The minimum atomic E-state index is -0.0573. The van der Waals surface area contributed by atoms with E-state index in [1.54, 1.807) is 4.68 Å². The van der Waals surface area contributed by atoms with Crippen molar-refractivity contribution in [1.29, 1.82) is 0 Å². The van der Waals surface area contributed by atoms with E-state index in [-0.39, 0.29) is 11.9 Å². The van der Waals surface area contributed by atoms with Crippen molar-refractivity contribution < 1.29 is 4.79 Å². The molecule has 18 heavy (non-hydrogen) atoms. The number of piperidine rings is 1. The number of nitrogens with zero attached hydrogens (tertiary/aromatic N) is 2. The van der Waals surface area contributed by atoms with Gasteiger partial charge < -0.3 is 10.6 Å². The minimum Gasteiger partial charge on any atom is -0.309 e. The summed E-state index contributed by atoms with van der Waals surface area (Å²) in [6, 6.07) is -0.0573. The van der Waals surface area contributed by atoms with Gasteiger partial charge >= 0.3 is 0 Å². The molecule has 0 aromatic carbocycles. The number of anilines is 1. The summed E-state index contributed by atoms with van der Waals surface area (Å²) in [5.74, 6) is 0.882. The number of aryl methyl sites for hydroxylation is 2. The van der Waals surface area contributed by atoms with Crippen molar-refractivity contribution in [2.24, 2.45) is 7.05 Å². The lowest BCUT2D eigenvalue weighted by Crippen LogP contribution is -2.43. The second-order valence-electron chi connectivity index (χ2n) is 4.89. The maximum atomic E-state index is 12.2. The molecular weight excluding hydrogens is 228 g/mol. The summed E-state index contributed by atoms with van der Waals surface area (Å²) in [6.45, 7) is 5.02. The first-order valence-electron chi connectivity index (χ1n) is 6.70. The van der Waals surface area contributed by atoms with Gasteiger partial charge in [0.25, 0.3) is 0 Å². The third-order valence-electron chi connectivity index (χ3n) is 3.59. The molecule has 0 aliphatic carbocycles. The molecule has 1 amide bonds. The maximum absolute atomic E-state index is 12.2. The fraction of sp³-hybridized carbons (Fsp3) is 0.692. The van der Waals surface area contributed by atoms with E-state index in [4.69, 9.17) is 0 Å². The van der Waals surface area contributed by atoms with Crippen LogP contribution < -0.4 is 10.6 Å². The first-order valence-corrected chi connectivity index (χ1v) is 6.70. The minimum absolute atomic E-state index is 0.0573. The Bertz CT molecular complexity index is 432. The van der Waals surface area contributed by atoms with Gasteiger partial charge in [0.2, 0.25) is 5.91 Å². The molecule has 1 aromatic rings. The molecule has 5 nitrogen and oxygen atoms in total. The highest BCUT2D eigenvalue weighted by molar-refractivity contribution is 5.94. The van der Waals surface area contributed by atoms with Gasteiger partial charge in [-0.15, -0.1) is 0 Å². The van der Waals surface area contributed by atoms with Crippen LogP contribution in [0.3, 0.4) is 0 Å². The van der Waals surface area contributed by atoms with E-state index < -0.39 is 0 Å². The number of carbonyl (C=O) groups is 1. The molecule has 0 saturated carbocycles. The fourth-order valence-electron chi connectivity index (χ4n) is 2.48. The zero-order chi connectivity index (χ0) is 13.1. The van der Waals surface area contributed by atoms with Crippen LogP contribution in [0.4, 0.5) is 5.82 Å². The molecule has 1 atom stereocenters. The second-order valence-corrected chi connectivity index (χ2v) is 4.89. The van der Waals surface area contributed by atoms with E-state index in [1.165, 1.54) is 0 Å². The van der Waals surface area contributed by atoms with Crippen molar-refractivity contribution in [3.05, 3.63) is 11.3 Å². The van der Waals surface area contributed by atoms with Crippen LogP contribution in [0, 0.1) is 6.92 Å². The Morgan fingerprint density at radius 2 is 2.33 bits per heavy atom. The van der Waals surface area contributed by atoms with Gasteiger partial charge in [0.05, 0.1) is 11.7 Å². The van der Waals surface area contributed by atoms with Crippen molar-refractivity contribution in [2.75, 3.05) is 11.9 Å². The molecule has 5 heteroatoms. The average molecular weight is 250 g/mol. The lowest BCUT2D eigenvalue weighted by Gasteiger charge is -2.22. The van der Waals surface area contributed by atoms with Crippen molar-refractivity contribution >= 4 is 11.7 Å². The van der Waals surface area contributed by atoms with Gasteiger partial charge in [-0.05, 0) is 32.7 Å². The topological polar surface area (TPSA) is 59.0 Å². The van der Waals surface area contributed by atoms with Gasteiger partial charge in [-0.25, -0.2) is 0 Å². The average Bonchev–Trinajstić information content (AvgIpc) is 2.67. The predicted octanol–water partition coefficient (Wildman–Crippen LogP) is 1.37. The number of nitrogens with one attached hydrogen (secondary N) is 2. The van der Waals surface area contributed by atoms with Crippen LogP contribution in [0.25, 0.3) is 0 Å². The number of carbonyl (C=O) groups excluding carboxylic acids is 1. The van der Waals surface area contributed by atoms with Gasteiger partial charge in [0, 0.05) is 12.6 Å². The van der Waals surface area contributed by atoms with E-state index in [0.29, 0.717) is 0 Å². The molecule has 1 aliphatic heterocycles. The molecule has 2 rings (SSSR count). The SMILES string of the molecule is CCc1nn(C)c(NC(=O)[C@@H]2CCCCN2)c1C. The molecular formula is C13H22N4O. The van der Waals surface area contributed by atoms with Crippen molar-refractivity contribution in [2.45, 2.75) is 45.6 Å². The maximum Gasteiger partial charge on any atom is 0.242 e. The number of hydrogen-bond donors (Lipinski definition) is 2. The first kappa shape index (κ1) is 13.1. The van der Waals surface area contributed by atoms with Crippen LogP contribution in [0.2, 0.25) is 0 Å². The molecule has 1 aromatic heterocycles. The Morgan fingerprint density at radius 1 is 1.56 bits per heavy atom. The fourth-order valence-corrected chi connectivity index (χ4v) is 2.48. The monoisotopic (exact) mass is 250 g/mol. The highest BCUT2D eigenvalue weighted by Crippen LogP contribution is 2.19. The lowest BCUT2D eigenvalue weighted by molar-refractivity contribution is -0.118. The highest BCUT2D eigenvalue weighted by Gasteiger charge is 2.22. The second kappa shape index (κ2) is 5.52. The number of aromatic nitrogens is 2. The molecule has 0 spiro atoms. The van der Waals surface area contributed by atoms with E-state index in [0.717, 1.165) is 49.3 Å². The molecule has 1 saturated heterocycles. The Labute approximate surface area is 108 Å². The predicted molar refractivity (Wildman–Crippen MR) is 71.6 cm³/mol. The van der Waals surface area contributed by atoms with Crippen molar-refractivity contribution in [3.8, 4) is 0 Å². The third kappa shape index (κ3) is 2.56. The molecule has 0 bridgehead atoms. The molecule has 100 valence electrons. The number of hydrogen-bond acceptors (Lipinski definition) is 3. The quantitative estimate of drug-likeness (QED) is 0.852. The van der Waals surface area contributed by atoms with E-state index in [1.807, 2.05) is 14.0 Å². The van der Waals surface area contributed by atoms with E-state index in [2.05, 4.69) is 22.7 Å². The molecule has 2 heterocycles. The van der Waals surface area contributed by atoms with E-state index >= 15 is 0 Å². The number of rotatable bonds is 3. The van der Waals surface area contributed by atoms with Crippen LogP contribution in [0.5, 0.6) is 0 Å². The lowest BCUT2D eigenvalue weighted by atomic mass is 10.0. The Morgan fingerprint density at radius 3 is 2.89 bits per heavy atom. The van der Waals surface area contributed by atoms with Gasteiger partial charge in [0.1, 0.15) is 5.82 Å². The first-order chi connectivity index (χ1) is 8.63. The van der Waals surface area contributed by atoms with E-state index in [9.17, 15) is 4.79 Å². The summed E-state index contributed by atoms with van der Waals surface area (Å²) in [6.07, 6.45) is 4.09. The van der Waals surface area contributed by atoms with Gasteiger partial charge in [-0.1, -0.05) is 13.3 Å². The van der Waals surface area contributed by atoms with Gasteiger partial charge in [0.15, 0.2) is 0 Å². The highest BCUT2D eigenvalue weighted by atomic mass is 16.2. The molecule has 2 N–H and O–H groups in total. The molecule has 0 unspecified atom stereocenters. The zero-order valence-electron chi connectivity index (χ0n) is 11.4. The summed E-state index contributed by atoms with van der Waals surface area (Å²) in [7, 11) is 1.87. The van der Waals surface area contributed by atoms with Crippen LogP contribution >= 0.6 is 0 Å². The molecule has 0 radical (unpaired) electrons. The standard InChI is InChI=1S/C13H22N4O/c1-4-10-9(2)12(17(3)16-10)15-13(18)11-7-5-6-8-14-11/h11,14H,4-8H2,1-3H3,(H,15,18)/t11-/m0/s1. The van der Waals surface area contributed by atoms with Gasteiger partial charge in [-0.2, -0.15) is 5.10 Å². The molecule has 1 aliphatic rings. The Kier molecular flexibility index (Phi) is 4.01. The Balaban J connectivity index is 2.08. The van der Waals surface area contributed by atoms with Crippen LogP contribution in [-0.2, 0) is 18.3 Å². The van der Waals surface area contributed by atoms with Crippen LogP contribution in [0.15, 0.2) is 0 Å². The van der Waals surface area contributed by atoms with Gasteiger partial charge in [-0.3, -0.25) is 9.48 Å².